The summed E-state index contributed by atoms with van der Waals surface area (Å²) in [5.41, 5.74) is 0.351. The molecule has 0 saturated carbocycles. The highest BCUT2D eigenvalue weighted by atomic mass is 16.7. The largest absolute Gasteiger partial charge is 0.479 e. The van der Waals surface area contributed by atoms with E-state index in [1.807, 2.05) is 0 Å². The van der Waals surface area contributed by atoms with Crippen molar-refractivity contribution in [1.29, 1.82) is 0 Å². The molecule has 36 heteroatoms. The van der Waals surface area contributed by atoms with E-state index in [4.69, 9.17) is 76.5 Å². The first-order chi connectivity index (χ1) is 44.3. The molecule has 1 unspecified atom stereocenters. The molecule has 92 heavy (non-hydrogen) atoms. The highest BCUT2D eigenvalue weighted by Gasteiger charge is 2.48. The van der Waals surface area contributed by atoms with E-state index < -0.39 is 136 Å². The number of amides is 2. The minimum absolute atomic E-state index is 0.000540. The molecule has 1 aromatic rings. The van der Waals surface area contributed by atoms with Gasteiger partial charge in [0.2, 0.25) is 18.1 Å². The van der Waals surface area contributed by atoms with Gasteiger partial charge in [-0.25, -0.2) is 4.79 Å². The third kappa shape index (κ3) is 36.4. The topological polar surface area (TPSA) is 523 Å². The fourth-order valence-electron chi connectivity index (χ4n) is 8.01. The molecule has 0 aliphatic carbocycles. The molecule has 0 spiro atoms. The second-order valence-corrected chi connectivity index (χ2v) is 20.4. The first-order valence-electron chi connectivity index (χ1n) is 30.2. The number of carboxylic acid groups (broad SMARTS) is 1. The van der Waals surface area contributed by atoms with Crippen LogP contribution in [0.5, 0.6) is 5.75 Å². The van der Waals surface area contributed by atoms with Crippen molar-refractivity contribution < 1.29 is 157 Å². The van der Waals surface area contributed by atoms with Crippen molar-refractivity contribution >= 4 is 23.5 Å². The van der Waals surface area contributed by atoms with E-state index in [0.717, 1.165) is 0 Å². The predicted molar refractivity (Wildman–Crippen MR) is 315 cm³/mol. The Hall–Kier alpha value is -3.73. The Bertz CT molecular complexity index is 1990. The van der Waals surface area contributed by atoms with Crippen LogP contribution in [0.3, 0.4) is 0 Å². The lowest BCUT2D eigenvalue weighted by atomic mass is 9.99. The number of nitrogens with one attached hydrogen (secondary N) is 3. The van der Waals surface area contributed by atoms with Crippen molar-refractivity contribution in [2.24, 2.45) is 0 Å². The summed E-state index contributed by atoms with van der Waals surface area (Å²) in [5, 5.41) is 156. The van der Waals surface area contributed by atoms with Gasteiger partial charge in [0.15, 0.2) is 6.10 Å². The summed E-state index contributed by atoms with van der Waals surface area (Å²) < 4.78 is 76.7. The molecular formula is C56H102N4O32. The minimum Gasteiger partial charge on any atom is -0.479 e. The summed E-state index contributed by atoms with van der Waals surface area (Å²) in [6.45, 7) is 4.39. The van der Waals surface area contributed by atoms with E-state index in [1.54, 1.807) is 0 Å². The van der Waals surface area contributed by atoms with E-state index in [2.05, 4.69) is 16.0 Å². The standard InChI is InChI=1S/C56H102N4O32/c1-57-39(54(76)59-38-30-37(34-61)2-3-44(38)91-56-52(75)50(73)51(74)53(92-56)55(77)78)31-58-45(68)4-6-79-8-10-81-12-14-83-16-18-85-20-22-87-24-26-89-28-29-90-27-25-88-23-21-86-19-17-84-15-13-82-11-9-80-7-5-60(32-40(64)46(69)48(71)42(66)35-62)33-41(65)47(70)49(72)43(67)36-63/h2-3,30,39-43,46-53,56-57,61-67,69-75H,4-29,31-36H2,1H3,(H,58,68)(H,59,76)(H,77,78)/t39?,40-,41-,42+,43+,46+,47+,48+,49+,50-,51-,52+,53-,56+/m0/s1. The first kappa shape index (κ1) is 84.4. The fourth-order valence-corrected chi connectivity index (χ4v) is 8.01. The van der Waals surface area contributed by atoms with Crippen molar-refractivity contribution in [1.82, 2.24) is 15.5 Å². The van der Waals surface area contributed by atoms with Gasteiger partial charge in [-0.05, 0) is 24.7 Å². The molecule has 0 bridgehead atoms. The van der Waals surface area contributed by atoms with E-state index in [-0.39, 0.29) is 77.2 Å². The van der Waals surface area contributed by atoms with Crippen LogP contribution in [0.2, 0.25) is 0 Å². The van der Waals surface area contributed by atoms with Gasteiger partial charge in [-0.15, -0.1) is 0 Å². The Labute approximate surface area is 533 Å². The normalized spacial score (nSPS) is 19.8. The Morgan fingerprint density at radius 1 is 0.511 bits per heavy atom. The number of likely N-dealkylation sites (N-methyl/N-ethyl adjacent to an activating group) is 1. The lowest BCUT2D eigenvalue weighted by molar-refractivity contribution is -0.271. The molecule has 2 amide bonds. The minimum atomic E-state index is -1.94. The Morgan fingerprint density at radius 2 is 0.880 bits per heavy atom. The van der Waals surface area contributed by atoms with Gasteiger partial charge >= 0.3 is 5.97 Å². The molecule has 1 aliphatic rings. The molecule has 1 heterocycles. The Morgan fingerprint density at radius 3 is 1.24 bits per heavy atom. The number of anilines is 1. The lowest BCUT2D eigenvalue weighted by Gasteiger charge is -2.38. The number of hydrogen-bond acceptors (Lipinski definition) is 33. The maximum absolute atomic E-state index is 13.2. The van der Waals surface area contributed by atoms with Crippen molar-refractivity contribution in [2.75, 3.05) is 210 Å². The predicted octanol–water partition coefficient (Wildman–Crippen LogP) is -9.14. The van der Waals surface area contributed by atoms with Gasteiger partial charge < -0.3 is 159 Å². The van der Waals surface area contributed by atoms with Gasteiger partial charge in [-0.2, -0.15) is 0 Å². The summed E-state index contributed by atoms with van der Waals surface area (Å²) in [7, 11) is 1.49. The number of carbonyl (C=O) groups is 3. The average molecular weight is 1340 g/mol. The summed E-state index contributed by atoms with van der Waals surface area (Å²) >= 11 is 0. The van der Waals surface area contributed by atoms with E-state index in [9.17, 15) is 80.8 Å². The molecule has 2 rings (SSSR count). The van der Waals surface area contributed by atoms with Crippen molar-refractivity contribution in [3.8, 4) is 5.75 Å². The number of nitrogens with zero attached hydrogens (tertiary/aromatic N) is 1. The highest BCUT2D eigenvalue weighted by Crippen LogP contribution is 2.31. The summed E-state index contributed by atoms with van der Waals surface area (Å²) in [4.78, 5) is 38.5. The zero-order valence-electron chi connectivity index (χ0n) is 52.0. The number of aliphatic carboxylic acids is 1. The molecule has 0 radical (unpaired) electrons. The second kappa shape index (κ2) is 52.5. The number of hydrogen-bond donors (Lipinski definition) is 18. The van der Waals surface area contributed by atoms with Crippen molar-refractivity contribution in [3.05, 3.63) is 23.8 Å². The van der Waals surface area contributed by atoms with E-state index >= 15 is 0 Å². The molecule has 14 atom stereocenters. The maximum atomic E-state index is 13.2. The van der Waals surface area contributed by atoms with Crippen LogP contribution >= 0.6 is 0 Å². The van der Waals surface area contributed by atoms with Crippen molar-refractivity contribution in [3.63, 3.8) is 0 Å². The molecule has 1 aliphatic heterocycles. The van der Waals surface area contributed by atoms with Gasteiger partial charge in [0.05, 0.1) is 196 Å². The van der Waals surface area contributed by atoms with Gasteiger partial charge in [-0.3, -0.25) is 14.5 Å². The molecule has 1 saturated heterocycles. The van der Waals surface area contributed by atoms with Crippen LogP contribution in [-0.2, 0) is 82.6 Å². The van der Waals surface area contributed by atoms with Gasteiger partial charge in [-0.1, -0.05) is 6.07 Å². The van der Waals surface area contributed by atoms with Crippen LogP contribution in [0, 0.1) is 0 Å². The van der Waals surface area contributed by atoms with Crippen LogP contribution < -0.4 is 20.7 Å². The monoisotopic (exact) mass is 1340 g/mol. The molecule has 1 fully saturated rings. The van der Waals surface area contributed by atoms with Crippen LogP contribution in [0.1, 0.15) is 12.0 Å². The number of rotatable bonds is 60. The molecule has 18 N–H and O–H groups in total. The summed E-state index contributed by atoms with van der Waals surface area (Å²) in [6, 6.07) is 3.16. The van der Waals surface area contributed by atoms with Crippen molar-refractivity contribution in [2.45, 2.75) is 98.6 Å². The second-order valence-electron chi connectivity index (χ2n) is 20.4. The number of ether oxygens (including phenoxy) is 14. The molecular weight excluding hydrogens is 1240 g/mol. The van der Waals surface area contributed by atoms with Crippen LogP contribution in [-0.4, -0.2) is 390 Å². The number of benzene rings is 1. The van der Waals surface area contributed by atoms with E-state index in [1.165, 1.54) is 30.1 Å². The summed E-state index contributed by atoms with van der Waals surface area (Å²) in [6.07, 6.45) is -23.8. The third-order valence-electron chi connectivity index (χ3n) is 13.4. The number of aliphatic hydroxyl groups is 14. The quantitative estimate of drug-likeness (QED) is 0.0269. The fraction of sp³-hybridized carbons (Fsp3) is 0.839. The zero-order chi connectivity index (χ0) is 67.9. The highest BCUT2D eigenvalue weighted by molar-refractivity contribution is 5.96. The number of carboxylic acids is 1. The van der Waals surface area contributed by atoms with Crippen LogP contribution in [0.15, 0.2) is 18.2 Å². The molecule has 538 valence electrons. The van der Waals surface area contributed by atoms with E-state index in [0.29, 0.717) is 118 Å². The lowest BCUT2D eigenvalue weighted by Crippen LogP contribution is -2.61. The SMILES string of the molecule is CNC(CNC(=O)CCOCCOCCOCCOCCOCCOCCOCCOCCOCCOCCOCCOCCN(C[C@H](O)[C@@H](O)[C@H](O)[C@H](O)CO)C[C@H](O)[C@@H](O)[C@H](O)[C@H](O)CO)C(=O)Nc1cc(CO)ccc1O[C@@H]1O[C@H](C(=O)O)[C@@H](O)[C@H](O)[C@H]1O. The smallest absolute Gasteiger partial charge is 0.335 e. The Balaban J connectivity index is 1.35. The number of carbonyl (C=O) groups excluding carboxylic acids is 2. The Kier molecular flexibility index (Phi) is 48.1. The number of aliphatic hydroxyl groups excluding tert-OH is 14. The average Bonchev–Trinajstić information content (AvgIpc) is 0.840. The first-order valence-corrected chi connectivity index (χ1v) is 30.2. The van der Waals surface area contributed by atoms with Crippen LogP contribution in [0.25, 0.3) is 0 Å². The molecule has 0 aromatic heterocycles. The molecule has 36 nitrogen and oxygen atoms in total. The maximum Gasteiger partial charge on any atom is 0.335 e. The van der Waals surface area contributed by atoms with Gasteiger partial charge in [0, 0.05) is 32.6 Å². The van der Waals surface area contributed by atoms with Gasteiger partial charge in [0.25, 0.3) is 0 Å². The molecule has 1 aromatic carbocycles. The van der Waals surface area contributed by atoms with Gasteiger partial charge in [0.1, 0.15) is 66.7 Å². The zero-order valence-corrected chi connectivity index (χ0v) is 52.0. The van der Waals surface area contributed by atoms with Crippen LogP contribution in [0.4, 0.5) is 5.69 Å². The summed E-state index contributed by atoms with van der Waals surface area (Å²) in [5.74, 6) is -2.75. The third-order valence-corrected chi connectivity index (χ3v) is 13.4.